The molecule has 1 aromatic heterocycles. The predicted molar refractivity (Wildman–Crippen MR) is 97.4 cm³/mol. The fraction of sp³-hybridized carbons (Fsp3) is 0.474. The van der Waals surface area contributed by atoms with Crippen molar-refractivity contribution in [2.24, 2.45) is 13.0 Å². The van der Waals surface area contributed by atoms with Crippen LogP contribution in [-0.4, -0.2) is 32.8 Å². The number of rotatable bonds is 4. The summed E-state index contributed by atoms with van der Waals surface area (Å²) in [5, 5.41) is 11.7. The second-order valence-electron chi connectivity index (χ2n) is 7.25. The van der Waals surface area contributed by atoms with E-state index >= 15 is 0 Å². The van der Waals surface area contributed by atoms with E-state index in [1.165, 1.54) is 25.3 Å². The Bertz CT molecular complexity index is 860. The Hall–Kier alpha value is -2.70. The zero-order valence-electron chi connectivity index (χ0n) is 14.8. The summed E-state index contributed by atoms with van der Waals surface area (Å²) in [5.41, 5.74) is 0.950. The van der Waals surface area contributed by atoms with E-state index in [2.05, 4.69) is 9.88 Å². The number of hydrogen-bond acceptors (Lipinski definition) is 5. The molecule has 2 heterocycles. The monoisotopic (exact) mass is 354 g/mol. The molecule has 1 aliphatic heterocycles. The van der Waals surface area contributed by atoms with E-state index in [4.69, 9.17) is 0 Å². The smallest absolute Gasteiger partial charge is 0.293 e. The average Bonchev–Trinajstić information content (AvgIpc) is 3.26. The van der Waals surface area contributed by atoms with Gasteiger partial charge in [0.05, 0.1) is 4.92 Å². The van der Waals surface area contributed by atoms with Gasteiger partial charge in [0.1, 0.15) is 5.69 Å². The third-order valence-corrected chi connectivity index (χ3v) is 5.78. The Labute approximate surface area is 151 Å². The SMILES string of the molecule is Cn1ccnc1C(=O)c1ccc(N2CCC3CCCCC32)c([N+](=O)[O-])c1. The lowest BCUT2D eigenvalue weighted by Gasteiger charge is -2.32. The number of aromatic nitrogens is 2. The molecule has 2 fully saturated rings. The summed E-state index contributed by atoms with van der Waals surface area (Å²) in [6.45, 7) is 0.850. The van der Waals surface area contributed by atoms with Gasteiger partial charge in [-0.2, -0.15) is 0 Å². The third-order valence-electron chi connectivity index (χ3n) is 5.78. The van der Waals surface area contributed by atoms with Crippen LogP contribution in [0.5, 0.6) is 0 Å². The molecule has 2 unspecified atom stereocenters. The van der Waals surface area contributed by atoms with Crippen molar-refractivity contribution in [2.75, 3.05) is 11.4 Å². The lowest BCUT2D eigenvalue weighted by molar-refractivity contribution is -0.384. The molecule has 1 aliphatic carbocycles. The van der Waals surface area contributed by atoms with Gasteiger partial charge in [-0.05, 0) is 37.3 Å². The maximum absolute atomic E-state index is 12.6. The molecule has 0 spiro atoms. The fourth-order valence-electron chi connectivity index (χ4n) is 4.47. The molecule has 2 atom stereocenters. The van der Waals surface area contributed by atoms with Gasteiger partial charge in [-0.15, -0.1) is 0 Å². The van der Waals surface area contributed by atoms with Crippen LogP contribution in [0.3, 0.4) is 0 Å². The minimum absolute atomic E-state index is 0.0104. The number of nitro groups is 1. The molecule has 26 heavy (non-hydrogen) atoms. The first-order chi connectivity index (χ1) is 12.6. The molecule has 2 aromatic rings. The highest BCUT2D eigenvalue weighted by molar-refractivity contribution is 6.07. The van der Waals surface area contributed by atoms with Crippen LogP contribution in [0.25, 0.3) is 0 Å². The summed E-state index contributed by atoms with van der Waals surface area (Å²) in [7, 11) is 1.73. The van der Waals surface area contributed by atoms with Crippen LogP contribution in [0.2, 0.25) is 0 Å². The number of anilines is 1. The Morgan fingerprint density at radius 2 is 2.08 bits per heavy atom. The number of ketones is 1. The van der Waals surface area contributed by atoms with Gasteiger partial charge in [0.2, 0.25) is 5.78 Å². The van der Waals surface area contributed by atoms with Gasteiger partial charge in [0.15, 0.2) is 5.82 Å². The molecule has 0 amide bonds. The fourth-order valence-corrected chi connectivity index (χ4v) is 4.47. The van der Waals surface area contributed by atoms with E-state index in [1.807, 2.05) is 0 Å². The van der Waals surface area contributed by atoms with Crippen LogP contribution in [-0.2, 0) is 7.05 Å². The van der Waals surface area contributed by atoms with Crippen molar-refractivity contribution in [2.45, 2.75) is 38.1 Å². The van der Waals surface area contributed by atoms with E-state index in [0.717, 1.165) is 19.4 Å². The first-order valence-electron chi connectivity index (χ1n) is 9.13. The molecule has 0 bridgehead atoms. The summed E-state index contributed by atoms with van der Waals surface area (Å²) >= 11 is 0. The molecular formula is C19H22N4O3. The van der Waals surface area contributed by atoms with Crippen LogP contribution >= 0.6 is 0 Å². The molecule has 2 aliphatic rings. The number of nitrogens with zero attached hydrogens (tertiary/aromatic N) is 4. The number of carbonyl (C=O) groups excluding carboxylic acids is 1. The highest BCUT2D eigenvalue weighted by Gasteiger charge is 2.38. The van der Waals surface area contributed by atoms with Gasteiger partial charge in [-0.3, -0.25) is 14.9 Å². The molecule has 136 valence electrons. The van der Waals surface area contributed by atoms with Gasteiger partial charge in [-0.1, -0.05) is 12.8 Å². The summed E-state index contributed by atoms with van der Waals surface area (Å²) < 4.78 is 1.62. The maximum Gasteiger partial charge on any atom is 0.293 e. The molecule has 0 N–H and O–H groups in total. The standard InChI is InChI=1S/C19H22N4O3/c1-21-11-9-20-19(21)18(24)14-6-7-16(17(12-14)23(25)26)22-10-8-13-4-2-3-5-15(13)22/h6-7,9,11-13,15H,2-5,8,10H2,1H3. The normalized spacial score (nSPS) is 22.3. The second-order valence-corrected chi connectivity index (χ2v) is 7.25. The van der Waals surface area contributed by atoms with Gasteiger partial charge in [0.25, 0.3) is 5.69 Å². The summed E-state index contributed by atoms with van der Waals surface area (Å²) in [6, 6.07) is 5.22. The van der Waals surface area contributed by atoms with E-state index < -0.39 is 0 Å². The van der Waals surface area contributed by atoms with Crippen molar-refractivity contribution in [1.29, 1.82) is 0 Å². The van der Waals surface area contributed by atoms with E-state index in [0.29, 0.717) is 23.2 Å². The van der Waals surface area contributed by atoms with Crippen LogP contribution in [0.1, 0.15) is 48.3 Å². The van der Waals surface area contributed by atoms with Crippen molar-refractivity contribution in [3.8, 4) is 0 Å². The van der Waals surface area contributed by atoms with Gasteiger partial charge in [-0.25, -0.2) is 4.98 Å². The van der Waals surface area contributed by atoms with E-state index in [1.54, 1.807) is 36.1 Å². The minimum atomic E-state index is -0.374. The zero-order valence-corrected chi connectivity index (χ0v) is 14.8. The Balaban J connectivity index is 1.70. The molecule has 1 aromatic carbocycles. The van der Waals surface area contributed by atoms with Gasteiger partial charge < -0.3 is 9.47 Å². The molecule has 1 saturated carbocycles. The Kier molecular flexibility index (Phi) is 4.22. The molecular weight excluding hydrogens is 332 g/mol. The third kappa shape index (κ3) is 2.77. The predicted octanol–water partition coefficient (Wildman–Crippen LogP) is 3.33. The quantitative estimate of drug-likeness (QED) is 0.478. The van der Waals surface area contributed by atoms with Crippen LogP contribution in [0, 0.1) is 16.0 Å². The lowest BCUT2D eigenvalue weighted by atomic mass is 9.85. The number of aryl methyl sites for hydroxylation is 1. The maximum atomic E-state index is 12.6. The molecule has 7 heteroatoms. The number of hydrogen-bond donors (Lipinski definition) is 0. The van der Waals surface area contributed by atoms with Crippen molar-refractivity contribution < 1.29 is 9.72 Å². The number of benzene rings is 1. The van der Waals surface area contributed by atoms with Gasteiger partial charge in [0, 0.05) is 43.7 Å². The average molecular weight is 354 g/mol. The Morgan fingerprint density at radius 3 is 2.81 bits per heavy atom. The minimum Gasteiger partial charge on any atom is -0.363 e. The van der Waals surface area contributed by atoms with E-state index in [-0.39, 0.29) is 22.2 Å². The summed E-state index contributed by atoms with van der Waals surface area (Å²) in [4.78, 5) is 30.2. The van der Waals surface area contributed by atoms with Crippen molar-refractivity contribution in [1.82, 2.24) is 9.55 Å². The first-order valence-corrected chi connectivity index (χ1v) is 9.13. The lowest BCUT2D eigenvalue weighted by Crippen LogP contribution is -2.35. The van der Waals surface area contributed by atoms with E-state index in [9.17, 15) is 14.9 Å². The van der Waals surface area contributed by atoms with Crippen LogP contribution in [0.15, 0.2) is 30.6 Å². The first kappa shape index (κ1) is 16.8. The molecule has 1 saturated heterocycles. The molecule has 4 rings (SSSR count). The largest absolute Gasteiger partial charge is 0.363 e. The van der Waals surface area contributed by atoms with Crippen molar-refractivity contribution >= 4 is 17.2 Å². The Morgan fingerprint density at radius 1 is 1.27 bits per heavy atom. The molecule has 0 radical (unpaired) electrons. The highest BCUT2D eigenvalue weighted by Crippen LogP contribution is 2.42. The second kappa shape index (κ2) is 6.55. The summed E-state index contributed by atoms with van der Waals surface area (Å²) in [5.74, 6) is 0.613. The summed E-state index contributed by atoms with van der Waals surface area (Å²) in [6.07, 6.45) is 9.07. The van der Waals surface area contributed by atoms with Crippen LogP contribution in [0.4, 0.5) is 11.4 Å². The zero-order chi connectivity index (χ0) is 18.3. The van der Waals surface area contributed by atoms with Gasteiger partial charge >= 0.3 is 0 Å². The van der Waals surface area contributed by atoms with Crippen molar-refractivity contribution in [3.05, 3.63) is 52.1 Å². The van der Waals surface area contributed by atoms with Crippen LogP contribution < -0.4 is 4.90 Å². The topological polar surface area (TPSA) is 81.3 Å². The number of nitro benzene ring substituents is 1. The van der Waals surface area contributed by atoms with Crippen molar-refractivity contribution in [3.63, 3.8) is 0 Å². The number of imidazole rings is 1. The number of carbonyl (C=O) groups is 1. The number of fused-ring (bicyclic) bond motifs is 1. The molecule has 7 nitrogen and oxygen atoms in total. The highest BCUT2D eigenvalue weighted by atomic mass is 16.6.